The molecule has 17 heavy (non-hydrogen) atoms. The Labute approximate surface area is 109 Å². The van der Waals surface area contributed by atoms with Crippen LogP contribution in [0, 0.1) is 0 Å². The Bertz CT molecular complexity index is 383. The SMILES string of the molecule is COc1nc(N(C)C2CCOCC2)ncc1Br. The van der Waals surface area contributed by atoms with E-state index in [-0.39, 0.29) is 0 Å². The van der Waals surface area contributed by atoms with Crippen molar-refractivity contribution in [2.45, 2.75) is 18.9 Å². The minimum Gasteiger partial charge on any atom is -0.480 e. The van der Waals surface area contributed by atoms with Gasteiger partial charge >= 0.3 is 0 Å². The average Bonchev–Trinajstić information content (AvgIpc) is 2.39. The third kappa shape index (κ3) is 2.87. The molecule has 0 bridgehead atoms. The molecular weight excluding hydrogens is 286 g/mol. The summed E-state index contributed by atoms with van der Waals surface area (Å²) in [5.41, 5.74) is 0. The lowest BCUT2D eigenvalue weighted by atomic mass is 10.1. The van der Waals surface area contributed by atoms with Crippen LogP contribution in [0.25, 0.3) is 0 Å². The first-order valence-electron chi connectivity index (χ1n) is 5.59. The zero-order chi connectivity index (χ0) is 12.3. The lowest BCUT2D eigenvalue weighted by Gasteiger charge is -2.31. The molecule has 0 unspecified atom stereocenters. The van der Waals surface area contributed by atoms with Gasteiger partial charge in [0.25, 0.3) is 0 Å². The molecule has 2 rings (SSSR count). The molecule has 0 saturated carbocycles. The highest BCUT2D eigenvalue weighted by Crippen LogP contribution is 2.25. The molecule has 0 N–H and O–H groups in total. The van der Waals surface area contributed by atoms with Crippen molar-refractivity contribution >= 4 is 21.9 Å². The van der Waals surface area contributed by atoms with Crippen molar-refractivity contribution in [3.8, 4) is 5.88 Å². The second-order valence-corrected chi connectivity index (χ2v) is 4.84. The van der Waals surface area contributed by atoms with E-state index in [0.29, 0.717) is 17.9 Å². The van der Waals surface area contributed by atoms with Crippen molar-refractivity contribution in [3.63, 3.8) is 0 Å². The van der Waals surface area contributed by atoms with Crippen molar-refractivity contribution in [1.82, 2.24) is 9.97 Å². The largest absolute Gasteiger partial charge is 0.480 e. The third-order valence-electron chi connectivity index (χ3n) is 2.95. The number of anilines is 1. The van der Waals surface area contributed by atoms with Crippen molar-refractivity contribution < 1.29 is 9.47 Å². The molecule has 0 amide bonds. The summed E-state index contributed by atoms with van der Waals surface area (Å²) >= 11 is 3.35. The fourth-order valence-corrected chi connectivity index (χ4v) is 2.24. The van der Waals surface area contributed by atoms with Gasteiger partial charge in [-0.25, -0.2) is 4.98 Å². The van der Waals surface area contributed by atoms with Gasteiger partial charge in [-0.05, 0) is 28.8 Å². The molecule has 94 valence electrons. The van der Waals surface area contributed by atoms with Crippen LogP contribution in [0.4, 0.5) is 5.95 Å². The van der Waals surface area contributed by atoms with E-state index < -0.39 is 0 Å². The minimum atomic E-state index is 0.439. The number of ether oxygens (including phenoxy) is 2. The molecule has 0 aliphatic carbocycles. The van der Waals surface area contributed by atoms with Gasteiger partial charge in [-0.15, -0.1) is 0 Å². The first kappa shape index (κ1) is 12.6. The number of rotatable bonds is 3. The Hall–Kier alpha value is -0.880. The highest BCUT2D eigenvalue weighted by molar-refractivity contribution is 9.10. The Kier molecular flexibility index (Phi) is 4.17. The monoisotopic (exact) mass is 301 g/mol. The number of nitrogens with zero attached hydrogens (tertiary/aromatic N) is 3. The summed E-state index contributed by atoms with van der Waals surface area (Å²) in [5, 5.41) is 0. The zero-order valence-corrected chi connectivity index (χ0v) is 11.6. The van der Waals surface area contributed by atoms with Gasteiger partial charge in [0.1, 0.15) is 0 Å². The lowest BCUT2D eigenvalue weighted by Crippen LogP contribution is -2.37. The van der Waals surface area contributed by atoms with E-state index in [1.165, 1.54) is 0 Å². The van der Waals surface area contributed by atoms with E-state index in [4.69, 9.17) is 9.47 Å². The smallest absolute Gasteiger partial charge is 0.232 e. The van der Waals surface area contributed by atoms with Crippen molar-refractivity contribution in [2.24, 2.45) is 0 Å². The summed E-state index contributed by atoms with van der Waals surface area (Å²) in [6.45, 7) is 1.62. The summed E-state index contributed by atoms with van der Waals surface area (Å²) in [5.74, 6) is 1.26. The predicted octanol–water partition coefficient (Wildman–Crippen LogP) is 1.86. The first-order chi connectivity index (χ1) is 8.22. The topological polar surface area (TPSA) is 47.5 Å². The molecule has 0 atom stereocenters. The fourth-order valence-electron chi connectivity index (χ4n) is 1.89. The summed E-state index contributed by atoms with van der Waals surface area (Å²) in [6.07, 6.45) is 3.74. The predicted molar refractivity (Wildman–Crippen MR) is 68.5 cm³/mol. The van der Waals surface area contributed by atoms with Crippen LogP contribution in [0.3, 0.4) is 0 Å². The van der Waals surface area contributed by atoms with Crippen LogP contribution in [0.1, 0.15) is 12.8 Å². The van der Waals surface area contributed by atoms with Crippen LogP contribution < -0.4 is 9.64 Å². The number of methoxy groups -OCH3 is 1. The van der Waals surface area contributed by atoms with E-state index in [1.54, 1.807) is 13.3 Å². The Morgan fingerprint density at radius 2 is 2.18 bits per heavy atom. The summed E-state index contributed by atoms with van der Waals surface area (Å²) in [6, 6.07) is 0.439. The second-order valence-electron chi connectivity index (χ2n) is 3.98. The first-order valence-corrected chi connectivity index (χ1v) is 6.38. The molecular formula is C11H16BrN3O2. The Morgan fingerprint density at radius 1 is 1.47 bits per heavy atom. The zero-order valence-electron chi connectivity index (χ0n) is 10.0. The normalized spacial score (nSPS) is 16.9. The summed E-state index contributed by atoms with van der Waals surface area (Å²) < 4.78 is 11.3. The second kappa shape index (κ2) is 5.64. The Morgan fingerprint density at radius 3 is 2.82 bits per heavy atom. The van der Waals surface area contributed by atoms with E-state index in [2.05, 4.69) is 30.8 Å². The highest BCUT2D eigenvalue weighted by atomic mass is 79.9. The van der Waals surface area contributed by atoms with Crippen LogP contribution in [-0.4, -0.2) is 43.4 Å². The molecule has 2 heterocycles. The van der Waals surface area contributed by atoms with Gasteiger partial charge in [0.05, 0.1) is 17.8 Å². The van der Waals surface area contributed by atoms with Crippen LogP contribution in [-0.2, 0) is 4.74 Å². The number of aromatic nitrogens is 2. The van der Waals surface area contributed by atoms with Crippen molar-refractivity contribution in [1.29, 1.82) is 0 Å². The van der Waals surface area contributed by atoms with E-state index in [1.807, 2.05) is 7.05 Å². The third-order valence-corrected chi connectivity index (χ3v) is 3.49. The van der Waals surface area contributed by atoms with E-state index in [0.717, 1.165) is 30.5 Å². The minimum absolute atomic E-state index is 0.439. The van der Waals surface area contributed by atoms with Gasteiger partial charge in [-0.1, -0.05) is 0 Å². The molecule has 1 aromatic rings. The molecule has 0 radical (unpaired) electrons. The van der Waals surface area contributed by atoms with Crippen molar-refractivity contribution in [3.05, 3.63) is 10.7 Å². The highest BCUT2D eigenvalue weighted by Gasteiger charge is 2.21. The molecule has 0 aromatic carbocycles. The van der Waals surface area contributed by atoms with Gasteiger partial charge in [0, 0.05) is 26.3 Å². The lowest BCUT2D eigenvalue weighted by molar-refractivity contribution is 0.0852. The maximum absolute atomic E-state index is 5.35. The quantitative estimate of drug-likeness (QED) is 0.853. The maximum atomic E-state index is 5.35. The van der Waals surface area contributed by atoms with Gasteiger partial charge in [-0.3, -0.25) is 0 Å². The Balaban J connectivity index is 2.15. The maximum Gasteiger partial charge on any atom is 0.232 e. The summed E-state index contributed by atoms with van der Waals surface area (Å²) in [7, 11) is 3.62. The molecule has 1 aliphatic rings. The fraction of sp³-hybridized carbons (Fsp3) is 0.636. The standard InChI is InChI=1S/C11H16BrN3O2/c1-15(8-3-5-17-6-4-8)11-13-7-9(12)10(14-11)16-2/h7-8H,3-6H2,1-2H3. The number of hydrogen-bond acceptors (Lipinski definition) is 5. The van der Waals surface area contributed by atoms with Crippen LogP contribution in [0.5, 0.6) is 5.88 Å². The van der Waals surface area contributed by atoms with E-state index in [9.17, 15) is 0 Å². The van der Waals surface area contributed by atoms with Gasteiger partial charge in [-0.2, -0.15) is 4.98 Å². The summed E-state index contributed by atoms with van der Waals surface area (Å²) in [4.78, 5) is 10.8. The molecule has 5 nitrogen and oxygen atoms in total. The van der Waals surface area contributed by atoms with E-state index >= 15 is 0 Å². The van der Waals surface area contributed by atoms with Crippen LogP contribution in [0.2, 0.25) is 0 Å². The molecule has 1 aromatic heterocycles. The molecule has 1 saturated heterocycles. The number of halogens is 1. The molecule has 1 fully saturated rings. The van der Waals surface area contributed by atoms with Crippen molar-refractivity contribution in [2.75, 3.05) is 32.3 Å². The average molecular weight is 302 g/mol. The number of hydrogen-bond donors (Lipinski definition) is 0. The van der Waals surface area contributed by atoms with Crippen LogP contribution >= 0.6 is 15.9 Å². The molecule has 0 spiro atoms. The van der Waals surface area contributed by atoms with Crippen LogP contribution in [0.15, 0.2) is 10.7 Å². The molecule has 6 heteroatoms. The van der Waals surface area contributed by atoms with Gasteiger partial charge in [0.2, 0.25) is 11.8 Å². The van der Waals surface area contributed by atoms with Gasteiger partial charge in [0.15, 0.2) is 0 Å². The van der Waals surface area contributed by atoms with Gasteiger partial charge < -0.3 is 14.4 Å². The molecule has 1 aliphatic heterocycles.